The van der Waals surface area contributed by atoms with E-state index < -0.39 is 0 Å². The number of fused-ring (bicyclic) bond motifs is 7. The van der Waals surface area contributed by atoms with Crippen molar-refractivity contribution in [3.05, 3.63) is 72.2 Å². The van der Waals surface area contributed by atoms with Crippen LogP contribution in [0.25, 0.3) is 60.7 Å². The van der Waals surface area contributed by atoms with Crippen molar-refractivity contribution in [1.82, 2.24) is 24.9 Å². The molecule has 156 valence electrons. The molecule has 0 radical (unpaired) electrons. The van der Waals surface area contributed by atoms with E-state index in [-0.39, 0.29) is 0 Å². The van der Waals surface area contributed by atoms with Crippen molar-refractivity contribution in [2.75, 3.05) is 0 Å². The van der Waals surface area contributed by atoms with E-state index in [0.29, 0.717) is 0 Å². The molecule has 5 heteroatoms. The van der Waals surface area contributed by atoms with Crippen molar-refractivity contribution in [3.8, 4) is 11.4 Å². The van der Waals surface area contributed by atoms with E-state index in [1.54, 1.807) is 0 Å². The second-order valence-corrected chi connectivity index (χ2v) is 8.15. The van der Waals surface area contributed by atoms with Crippen LogP contribution < -0.4 is 0 Å². The predicted octanol–water partition coefficient (Wildman–Crippen LogP) is 6.79. The fourth-order valence-corrected chi connectivity index (χ4v) is 4.72. The zero-order chi connectivity index (χ0) is 21.8. The maximum Gasteiger partial charge on any atom is 0.141 e. The van der Waals surface area contributed by atoms with Crippen LogP contribution in [0, 0.1) is 0 Å². The fraction of sp³-hybridized carbons (Fsp3) is 0.148. The number of nitrogens with zero attached hydrogens (tertiary/aromatic N) is 3. The van der Waals surface area contributed by atoms with Crippen LogP contribution in [0.1, 0.15) is 32.0 Å². The first-order valence-corrected chi connectivity index (χ1v) is 11.0. The first-order valence-electron chi connectivity index (χ1n) is 11.0. The van der Waals surface area contributed by atoms with Crippen LogP contribution >= 0.6 is 0 Å². The molecule has 0 aliphatic rings. The number of hydrogen-bond acceptors (Lipinski definition) is 3. The van der Waals surface area contributed by atoms with Crippen LogP contribution in [-0.2, 0) is 6.42 Å². The Morgan fingerprint density at radius 1 is 0.844 bits per heavy atom. The monoisotopic (exact) mass is 417 g/mol. The Morgan fingerprint density at radius 2 is 1.56 bits per heavy atom. The van der Waals surface area contributed by atoms with Gasteiger partial charge in [0.1, 0.15) is 5.82 Å². The largest absolute Gasteiger partial charge is 0.354 e. The number of nitrogens with one attached hydrogen (secondary N) is 2. The van der Waals surface area contributed by atoms with Gasteiger partial charge in [-0.15, -0.1) is 0 Å². The third kappa shape index (κ3) is 2.54. The molecule has 0 fully saturated rings. The van der Waals surface area contributed by atoms with Crippen LogP contribution in [0.4, 0.5) is 0 Å². The molecule has 0 atom stereocenters. The van der Waals surface area contributed by atoms with Crippen molar-refractivity contribution in [1.29, 1.82) is 0 Å². The smallest absolute Gasteiger partial charge is 0.141 e. The molecule has 0 amide bonds. The molecule has 0 saturated carbocycles. The van der Waals surface area contributed by atoms with Gasteiger partial charge >= 0.3 is 0 Å². The van der Waals surface area contributed by atoms with Gasteiger partial charge in [-0.05, 0) is 55.7 Å². The summed E-state index contributed by atoms with van der Waals surface area (Å²) >= 11 is 0. The topological polar surface area (TPSA) is 70.2 Å². The summed E-state index contributed by atoms with van der Waals surface area (Å²) in [4.78, 5) is 21.8. The quantitative estimate of drug-likeness (QED) is 0.311. The number of hydrogen-bond donors (Lipinski definition) is 2. The molecular formula is C27H23N5. The van der Waals surface area contributed by atoms with Crippen LogP contribution in [0.15, 0.2) is 60.9 Å². The summed E-state index contributed by atoms with van der Waals surface area (Å²) in [6.07, 6.45) is 6.74. The summed E-state index contributed by atoms with van der Waals surface area (Å²) in [7, 11) is 0. The lowest BCUT2D eigenvalue weighted by molar-refractivity contribution is 1.15. The van der Waals surface area contributed by atoms with Gasteiger partial charge in [0.25, 0.3) is 0 Å². The van der Waals surface area contributed by atoms with E-state index in [0.717, 1.165) is 56.3 Å². The number of pyridine rings is 2. The van der Waals surface area contributed by atoms with Gasteiger partial charge < -0.3 is 9.97 Å². The minimum absolute atomic E-state index is 0.859. The van der Waals surface area contributed by atoms with Crippen molar-refractivity contribution < 1.29 is 0 Å². The van der Waals surface area contributed by atoms with Crippen LogP contribution in [0.3, 0.4) is 0 Å². The number of H-pyrrole nitrogens is 2. The average molecular weight is 418 g/mol. The molecule has 4 heterocycles. The molecule has 2 N–H and O–H groups in total. The number of benzene rings is 2. The molecule has 0 aliphatic heterocycles. The van der Waals surface area contributed by atoms with Crippen LogP contribution in [0.5, 0.6) is 0 Å². The molecule has 0 spiro atoms. The SMILES string of the molecule is C/C=C(\C)c1[nH]c2c(CC)cccc2c1-c1nc2c3cccnc3c3ncccc3c2[nH]1. The summed E-state index contributed by atoms with van der Waals surface area (Å²) in [5, 5.41) is 3.23. The summed E-state index contributed by atoms with van der Waals surface area (Å²) in [5.41, 5.74) is 9.58. The summed E-state index contributed by atoms with van der Waals surface area (Å²) in [6, 6.07) is 14.6. The Balaban J connectivity index is 1.77. The van der Waals surface area contributed by atoms with Crippen molar-refractivity contribution in [2.24, 2.45) is 0 Å². The Hall–Kier alpha value is -3.99. The average Bonchev–Trinajstić information content (AvgIpc) is 3.45. The predicted molar refractivity (Wildman–Crippen MR) is 133 cm³/mol. The van der Waals surface area contributed by atoms with E-state index in [4.69, 9.17) is 4.98 Å². The Labute approximate surface area is 185 Å². The van der Waals surface area contributed by atoms with Gasteiger partial charge in [0.15, 0.2) is 0 Å². The summed E-state index contributed by atoms with van der Waals surface area (Å²) < 4.78 is 0. The Kier molecular flexibility index (Phi) is 4.12. The van der Waals surface area contributed by atoms with Gasteiger partial charge in [-0.2, -0.15) is 0 Å². The lowest BCUT2D eigenvalue weighted by Gasteiger charge is -2.03. The molecule has 0 unspecified atom stereocenters. The molecule has 32 heavy (non-hydrogen) atoms. The van der Waals surface area contributed by atoms with Crippen molar-refractivity contribution >= 4 is 49.3 Å². The lowest BCUT2D eigenvalue weighted by Crippen LogP contribution is -1.86. The van der Waals surface area contributed by atoms with Gasteiger partial charge in [-0.3, -0.25) is 9.97 Å². The molecule has 4 aromatic heterocycles. The van der Waals surface area contributed by atoms with Gasteiger partial charge in [0.2, 0.25) is 0 Å². The summed E-state index contributed by atoms with van der Waals surface area (Å²) in [5.74, 6) is 0.859. The third-order valence-electron chi connectivity index (χ3n) is 6.43. The van der Waals surface area contributed by atoms with E-state index in [1.165, 1.54) is 22.0 Å². The molecule has 0 aliphatic carbocycles. The molecule has 0 saturated heterocycles. The normalized spacial score (nSPS) is 12.5. The van der Waals surface area contributed by atoms with Gasteiger partial charge in [0, 0.05) is 34.1 Å². The molecule has 2 aromatic carbocycles. The third-order valence-corrected chi connectivity index (χ3v) is 6.43. The highest BCUT2D eigenvalue weighted by Gasteiger charge is 2.21. The van der Waals surface area contributed by atoms with Gasteiger partial charge in [-0.25, -0.2) is 4.98 Å². The second-order valence-electron chi connectivity index (χ2n) is 8.15. The number of aryl methyl sites for hydroxylation is 1. The van der Waals surface area contributed by atoms with Crippen LogP contribution in [0.2, 0.25) is 0 Å². The summed E-state index contributed by atoms with van der Waals surface area (Å²) in [6.45, 7) is 6.40. The molecule has 5 nitrogen and oxygen atoms in total. The minimum atomic E-state index is 0.859. The lowest BCUT2D eigenvalue weighted by atomic mass is 10.0. The standard InChI is InChI=1S/C27H23N5/c1-4-15(3)21-20(17-10-6-9-16(5-2)22(17)30-21)27-31-25-18-11-7-13-28-23(18)24-19(26(25)32-27)12-8-14-29-24/h4,6-14,30H,5H2,1-3H3,(H,31,32)/b15-4+. The zero-order valence-electron chi connectivity index (χ0n) is 18.3. The Bertz CT molecular complexity index is 1610. The number of aromatic nitrogens is 5. The maximum absolute atomic E-state index is 5.15. The highest BCUT2D eigenvalue weighted by molar-refractivity contribution is 6.21. The Morgan fingerprint density at radius 3 is 2.31 bits per heavy atom. The number of para-hydroxylation sites is 1. The highest BCUT2D eigenvalue weighted by Crippen LogP contribution is 2.39. The van der Waals surface area contributed by atoms with E-state index >= 15 is 0 Å². The number of imidazole rings is 1. The number of allylic oxidation sites excluding steroid dienone is 2. The van der Waals surface area contributed by atoms with E-state index in [1.807, 2.05) is 24.5 Å². The van der Waals surface area contributed by atoms with Crippen molar-refractivity contribution in [2.45, 2.75) is 27.2 Å². The van der Waals surface area contributed by atoms with Gasteiger partial charge in [0.05, 0.1) is 33.3 Å². The zero-order valence-corrected chi connectivity index (χ0v) is 18.3. The van der Waals surface area contributed by atoms with E-state index in [9.17, 15) is 0 Å². The molecule has 6 rings (SSSR count). The minimum Gasteiger partial charge on any atom is -0.354 e. The first kappa shape index (κ1) is 18.8. The molecule has 0 bridgehead atoms. The highest BCUT2D eigenvalue weighted by atomic mass is 14.9. The molecule has 6 aromatic rings. The fourth-order valence-electron chi connectivity index (χ4n) is 4.72. The first-order chi connectivity index (χ1) is 15.7. The van der Waals surface area contributed by atoms with Crippen molar-refractivity contribution in [3.63, 3.8) is 0 Å². The van der Waals surface area contributed by atoms with Gasteiger partial charge in [-0.1, -0.05) is 31.2 Å². The number of rotatable bonds is 3. The maximum atomic E-state index is 5.15. The molecular weight excluding hydrogens is 394 g/mol. The van der Waals surface area contributed by atoms with Crippen LogP contribution in [-0.4, -0.2) is 24.9 Å². The van der Waals surface area contributed by atoms with E-state index in [2.05, 4.69) is 77.1 Å². The number of aromatic amines is 2. The second kappa shape index (κ2) is 7.02.